The van der Waals surface area contributed by atoms with Crippen LogP contribution in [0.2, 0.25) is 0 Å². The second-order valence-electron chi connectivity index (χ2n) is 2.10. The third-order valence-corrected chi connectivity index (χ3v) is 1.60. The molecule has 0 aliphatic rings. The summed E-state index contributed by atoms with van der Waals surface area (Å²) >= 11 is 0. The molecular formula is C7H7NO3S. The van der Waals surface area contributed by atoms with Crippen LogP contribution in [0, 0.1) is 0 Å². The molecule has 5 heteroatoms. The van der Waals surface area contributed by atoms with Gasteiger partial charge in [0.05, 0.1) is 5.41 Å². The summed E-state index contributed by atoms with van der Waals surface area (Å²) in [6.07, 6.45) is 4.33. The smallest absolute Gasteiger partial charge is 0.282 e. The number of aromatic nitrogens is 1. The van der Waals surface area contributed by atoms with Crippen molar-refractivity contribution < 1.29 is 13.0 Å². The molecule has 1 aromatic rings. The molecule has 12 heavy (non-hydrogen) atoms. The minimum atomic E-state index is -4.03. The molecule has 0 bridgehead atoms. The van der Waals surface area contributed by atoms with E-state index in [0.717, 1.165) is 0 Å². The minimum Gasteiger partial charge on any atom is -0.282 e. The molecule has 0 spiro atoms. The van der Waals surface area contributed by atoms with Crippen LogP contribution in [0.1, 0.15) is 5.56 Å². The van der Waals surface area contributed by atoms with E-state index in [0.29, 0.717) is 11.0 Å². The quantitative estimate of drug-likeness (QED) is 0.696. The highest BCUT2D eigenvalue weighted by atomic mass is 32.2. The predicted octanol–water partition coefficient (Wildman–Crippen LogP) is 0.940. The first kappa shape index (κ1) is 8.89. The molecule has 0 atom stereocenters. The third-order valence-electron chi connectivity index (χ3n) is 1.12. The number of pyridine rings is 1. The summed E-state index contributed by atoms with van der Waals surface area (Å²) in [6.45, 7) is 0. The van der Waals surface area contributed by atoms with Crippen LogP contribution in [0.5, 0.6) is 0 Å². The maximum atomic E-state index is 10.3. The Balaban J connectivity index is 2.85. The average molecular weight is 185 g/mol. The summed E-state index contributed by atoms with van der Waals surface area (Å²) in [5.41, 5.74) is 0.620. The minimum absolute atomic E-state index is 0.620. The first-order valence-electron chi connectivity index (χ1n) is 3.13. The molecule has 0 saturated carbocycles. The SMILES string of the molecule is O=S(=O)(O)/C=C/c1cccnc1. The normalized spacial score (nSPS) is 12.1. The Kier molecular flexibility index (Phi) is 2.57. The van der Waals surface area contributed by atoms with Crippen molar-refractivity contribution in [2.24, 2.45) is 0 Å². The van der Waals surface area contributed by atoms with Gasteiger partial charge >= 0.3 is 0 Å². The first-order chi connectivity index (χ1) is 5.58. The molecule has 0 saturated heterocycles. The Bertz CT molecular complexity index is 369. The Hall–Kier alpha value is -1.20. The number of hydrogen-bond donors (Lipinski definition) is 1. The number of nitrogens with zero attached hydrogens (tertiary/aromatic N) is 1. The van der Waals surface area contributed by atoms with E-state index in [4.69, 9.17) is 4.55 Å². The number of rotatable bonds is 2. The van der Waals surface area contributed by atoms with E-state index in [-0.39, 0.29) is 0 Å². The molecule has 1 heterocycles. The van der Waals surface area contributed by atoms with Crippen LogP contribution in [0.15, 0.2) is 29.9 Å². The molecule has 4 nitrogen and oxygen atoms in total. The first-order valence-corrected chi connectivity index (χ1v) is 4.64. The second kappa shape index (κ2) is 3.46. The van der Waals surface area contributed by atoms with Gasteiger partial charge in [0, 0.05) is 12.4 Å². The van der Waals surface area contributed by atoms with Gasteiger partial charge < -0.3 is 0 Å². The van der Waals surface area contributed by atoms with Gasteiger partial charge in [0.15, 0.2) is 0 Å². The lowest BCUT2D eigenvalue weighted by molar-refractivity contribution is 0.494. The van der Waals surface area contributed by atoms with Crippen LogP contribution in [0.25, 0.3) is 6.08 Å². The highest BCUT2D eigenvalue weighted by molar-refractivity contribution is 7.88. The van der Waals surface area contributed by atoms with Gasteiger partial charge in [0.1, 0.15) is 0 Å². The Labute approximate surface area is 70.3 Å². The topological polar surface area (TPSA) is 67.3 Å². The van der Waals surface area contributed by atoms with Gasteiger partial charge in [-0.05, 0) is 17.7 Å². The molecule has 0 fully saturated rings. The molecule has 0 aliphatic heterocycles. The zero-order valence-corrected chi connectivity index (χ0v) is 6.90. The summed E-state index contributed by atoms with van der Waals surface area (Å²) in [5, 5.41) is 0.712. The van der Waals surface area contributed by atoms with Crippen molar-refractivity contribution in [3.63, 3.8) is 0 Å². The van der Waals surface area contributed by atoms with E-state index in [1.807, 2.05) is 0 Å². The highest BCUT2D eigenvalue weighted by Gasteiger charge is 1.94. The Morgan fingerprint density at radius 2 is 2.25 bits per heavy atom. The maximum Gasteiger partial charge on any atom is 0.287 e. The maximum absolute atomic E-state index is 10.3. The summed E-state index contributed by atoms with van der Waals surface area (Å²) in [5.74, 6) is 0. The summed E-state index contributed by atoms with van der Waals surface area (Å²) in [6, 6.07) is 3.35. The van der Waals surface area contributed by atoms with Crippen LogP contribution < -0.4 is 0 Å². The molecule has 0 radical (unpaired) electrons. The van der Waals surface area contributed by atoms with E-state index in [1.54, 1.807) is 18.3 Å². The molecular weight excluding hydrogens is 178 g/mol. The predicted molar refractivity (Wildman–Crippen MR) is 44.8 cm³/mol. The van der Waals surface area contributed by atoms with Crippen LogP contribution in [-0.2, 0) is 10.1 Å². The van der Waals surface area contributed by atoms with Gasteiger partial charge in [-0.25, -0.2) is 0 Å². The largest absolute Gasteiger partial charge is 0.287 e. The van der Waals surface area contributed by atoms with Gasteiger partial charge in [-0.1, -0.05) is 6.07 Å². The molecule has 1 rings (SSSR count). The van der Waals surface area contributed by atoms with Crippen LogP contribution in [-0.4, -0.2) is 18.0 Å². The lowest BCUT2D eigenvalue weighted by Gasteiger charge is -1.88. The average Bonchev–Trinajstić information content (AvgIpc) is 2.02. The van der Waals surface area contributed by atoms with Gasteiger partial charge in [-0.2, -0.15) is 8.42 Å². The molecule has 0 aliphatic carbocycles. The van der Waals surface area contributed by atoms with E-state index in [9.17, 15) is 8.42 Å². The zero-order chi connectivity index (χ0) is 9.03. The summed E-state index contributed by atoms with van der Waals surface area (Å²) in [4.78, 5) is 3.76. The van der Waals surface area contributed by atoms with Crippen molar-refractivity contribution in [1.82, 2.24) is 4.98 Å². The summed E-state index contributed by atoms with van der Waals surface area (Å²) in [7, 11) is -4.03. The van der Waals surface area contributed by atoms with Gasteiger partial charge in [-0.3, -0.25) is 9.54 Å². The van der Waals surface area contributed by atoms with Crippen LogP contribution >= 0.6 is 0 Å². The fraction of sp³-hybridized carbons (Fsp3) is 0. The molecule has 1 N–H and O–H groups in total. The van der Waals surface area contributed by atoms with Crippen molar-refractivity contribution in [1.29, 1.82) is 0 Å². The molecule has 64 valence electrons. The third kappa shape index (κ3) is 3.27. The van der Waals surface area contributed by atoms with Crippen LogP contribution in [0.3, 0.4) is 0 Å². The standard InChI is InChI=1S/C7H7NO3S/c9-12(10,11)5-3-7-2-1-4-8-6-7/h1-6H,(H,9,10,11)/b5-3+. The molecule has 1 aromatic heterocycles. The van der Waals surface area contributed by atoms with E-state index < -0.39 is 10.1 Å². The van der Waals surface area contributed by atoms with Crippen molar-refractivity contribution in [2.75, 3.05) is 0 Å². The highest BCUT2D eigenvalue weighted by Crippen LogP contribution is 1.99. The van der Waals surface area contributed by atoms with Gasteiger partial charge in [-0.15, -0.1) is 0 Å². The van der Waals surface area contributed by atoms with Crippen molar-refractivity contribution in [3.05, 3.63) is 35.5 Å². The second-order valence-corrected chi connectivity index (χ2v) is 3.41. The summed E-state index contributed by atoms with van der Waals surface area (Å²) < 4.78 is 28.8. The van der Waals surface area contributed by atoms with Crippen molar-refractivity contribution >= 4 is 16.2 Å². The molecule has 0 aromatic carbocycles. The van der Waals surface area contributed by atoms with E-state index in [2.05, 4.69) is 4.98 Å². The van der Waals surface area contributed by atoms with E-state index >= 15 is 0 Å². The Morgan fingerprint density at radius 1 is 1.50 bits per heavy atom. The van der Waals surface area contributed by atoms with Gasteiger partial charge in [0.25, 0.3) is 10.1 Å². The number of hydrogen-bond acceptors (Lipinski definition) is 3. The van der Waals surface area contributed by atoms with Gasteiger partial charge in [0.2, 0.25) is 0 Å². The van der Waals surface area contributed by atoms with Crippen molar-refractivity contribution in [3.8, 4) is 0 Å². The lowest BCUT2D eigenvalue weighted by Crippen LogP contribution is -1.88. The van der Waals surface area contributed by atoms with Crippen molar-refractivity contribution in [2.45, 2.75) is 0 Å². The fourth-order valence-corrected chi connectivity index (χ4v) is 0.968. The molecule has 0 unspecified atom stereocenters. The van der Waals surface area contributed by atoms with E-state index in [1.165, 1.54) is 12.3 Å². The Morgan fingerprint density at radius 3 is 2.75 bits per heavy atom. The fourth-order valence-electron chi connectivity index (χ4n) is 0.639. The zero-order valence-electron chi connectivity index (χ0n) is 6.08. The lowest BCUT2D eigenvalue weighted by atomic mass is 10.3. The van der Waals surface area contributed by atoms with Crippen LogP contribution in [0.4, 0.5) is 0 Å². The molecule has 0 amide bonds. The monoisotopic (exact) mass is 185 g/mol.